The number of anilines is 1. The number of carbonyl (C=O) groups excluding carboxylic acids is 1. The third kappa shape index (κ3) is 4.49. The molecule has 0 aromatic carbocycles. The SMILES string of the molecule is CCCCS(=O)(=O)N1CCCC(C(=O)Nc2nccs2)C1. The summed E-state index contributed by atoms with van der Waals surface area (Å²) in [5.41, 5.74) is 0. The molecule has 1 aromatic rings. The molecule has 0 aliphatic carbocycles. The molecule has 1 N–H and O–H groups in total. The lowest BCUT2D eigenvalue weighted by Crippen LogP contribution is -2.44. The third-order valence-electron chi connectivity index (χ3n) is 3.57. The van der Waals surface area contributed by atoms with E-state index in [0.717, 1.165) is 19.3 Å². The fourth-order valence-corrected chi connectivity index (χ4v) is 4.62. The Labute approximate surface area is 129 Å². The molecule has 0 spiro atoms. The van der Waals surface area contributed by atoms with Gasteiger partial charge in [-0.05, 0) is 19.3 Å². The maximum Gasteiger partial charge on any atom is 0.230 e. The zero-order chi connectivity index (χ0) is 15.3. The Balaban J connectivity index is 1.95. The molecule has 0 bridgehead atoms. The summed E-state index contributed by atoms with van der Waals surface area (Å²) in [6, 6.07) is 0. The van der Waals surface area contributed by atoms with Crippen LogP contribution in [0.4, 0.5) is 5.13 Å². The molecule has 6 nitrogen and oxygen atoms in total. The Kier molecular flexibility index (Phi) is 5.72. The number of sulfonamides is 1. The Hall–Kier alpha value is -0.990. The number of hydrogen-bond donors (Lipinski definition) is 1. The molecular weight excluding hydrogens is 310 g/mol. The monoisotopic (exact) mass is 331 g/mol. The van der Waals surface area contributed by atoms with Crippen molar-refractivity contribution in [2.24, 2.45) is 5.92 Å². The summed E-state index contributed by atoms with van der Waals surface area (Å²) in [7, 11) is -3.23. The van der Waals surface area contributed by atoms with Gasteiger partial charge in [0.15, 0.2) is 5.13 Å². The molecule has 1 fully saturated rings. The summed E-state index contributed by atoms with van der Waals surface area (Å²) in [6.07, 6.45) is 4.58. The minimum Gasteiger partial charge on any atom is -0.302 e. The van der Waals surface area contributed by atoms with Crippen molar-refractivity contribution < 1.29 is 13.2 Å². The van der Waals surface area contributed by atoms with E-state index >= 15 is 0 Å². The topological polar surface area (TPSA) is 79.4 Å². The van der Waals surface area contributed by atoms with Crippen molar-refractivity contribution in [3.05, 3.63) is 11.6 Å². The summed E-state index contributed by atoms with van der Waals surface area (Å²) in [4.78, 5) is 16.2. The van der Waals surface area contributed by atoms with E-state index in [4.69, 9.17) is 0 Å². The largest absolute Gasteiger partial charge is 0.302 e. The number of nitrogens with one attached hydrogen (secondary N) is 1. The van der Waals surface area contributed by atoms with Crippen molar-refractivity contribution in [2.45, 2.75) is 32.6 Å². The molecule has 1 saturated heterocycles. The zero-order valence-corrected chi connectivity index (χ0v) is 13.8. The van der Waals surface area contributed by atoms with Crippen LogP contribution in [0.5, 0.6) is 0 Å². The quantitative estimate of drug-likeness (QED) is 0.864. The van der Waals surface area contributed by atoms with Gasteiger partial charge in [0.1, 0.15) is 0 Å². The molecule has 21 heavy (non-hydrogen) atoms. The van der Waals surface area contributed by atoms with E-state index in [1.54, 1.807) is 11.6 Å². The molecule has 2 heterocycles. The fraction of sp³-hybridized carbons (Fsp3) is 0.692. The Morgan fingerprint density at radius 1 is 1.57 bits per heavy atom. The highest BCUT2D eigenvalue weighted by Gasteiger charge is 2.32. The molecule has 1 aromatic heterocycles. The number of hydrogen-bond acceptors (Lipinski definition) is 5. The van der Waals surface area contributed by atoms with Gasteiger partial charge in [0, 0.05) is 24.7 Å². The smallest absolute Gasteiger partial charge is 0.230 e. The van der Waals surface area contributed by atoms with E-state index in [0.29, 0.717) is 18.1 Å². The number of piperidine rings is 1. The predicted molar refractivity (Wildman–Crippen MR) is 83.7 cm³/mol. The lowest BCUT2D eigenvalue weighted by molar-refractivity contribution is -0.120. The number of unbranched alkanes of at least 4 members (excludes halogenated alkanes) is 1. The molecule has 1 atom stereocenters. The second-order valence-corrected chi connectivity index (χ2v) is 8.18. The van der Waals surface area contributed by atoms with Gasteiger partial charge in [0.25, 0.3) is 0 Å². The van der Waals surface area contributed by atoms with E-state index < -0.39 is 10.0 Å². The van der Waals surface area contributed by atoms with Crippen LogP contribution in [0, 0.1) is 5.92 Å². The molecule has 118 valence electrons. The summed E-state index contributed by atoms with van der Waals surface area (Å²) in [6.45, 7) is 2.77. The standard InChI is InChI=1S/C13H21N3O3S2/c1-2-3-9-21(18,19)16-7-4-5-11(10-16)12(17)15-13-14-6-8-20-13/h6,8,11H,2-5,7,9-10H2,1H3,(H,14,15,17). The van der Waals surface area contributed by atoms with Crippen LogP contribution in [0.1, 0.15) is 32.6 Å². The predicted octanol–water partition coefficient (Wildman–Crippen LogP) is 1.92. The number of carbonyl (C=O) groups is 1. The first-order chi connectivity index (χ1) is 10.0. The number of nitrogens with zero attached hydrogens (tertiary/aromatic N) is 2. The van der Waals surface area contributed by atoms with Crippen LogP contribution in [0.2, 0.25) is 0 Å². The summed E-state index contributed by atoms with van der Waals surface area (Å²) in [5, 5.41) is 5.10. The second-order valence-electron chi connectivity index (χ2n) is 5.19. The van der Waals surface area contributed by atoms with Gasteiger partial charge in [-0.2, -0.15) is 0 Å². The summed E-state index contributed by atoms with van der Waals surface area (Å²) >= 11 is 1.36. The first kappa shape index (κ1) is 16.4. The molecule has 8 heteroatoms. The maximum absolute atomic E-state index is 12.2. The Morgan fingerprint density at radius 3 is 3.05 bits per heavy atom. The van der Waals surface area contributed by atoms with Gasteiger partial charge in [-0.1, -0.05) is 13.3 Å². The van der Waals surface area contributed by atoms with Crippen LogP contribution in [0.15, 0.2) is 11.6 Å². The van der Waals surface area contributed by atoms with Gasteiger partial charge in [-0.25, -0.2) is 17.7 Å². The zero-order valence-electron chi connectivity index (χ0n) is 12.1. The normalized spacial score (nSPS) is 20.3. The van der Waals surface area contributed by atoms with Crippen LogP contribution >= 0.6 is 11.3 Å². The van der Waals surface area contributed by atoms with E-state index in [9.17, 15) is 13.2 Å². The van der Waals surface area contributed by atoms with Crippen molar-refractivity contribution in [1.82, 2.24) is 9.29 Å². The van der Waals surface area contributed by atoms with Crippen LogP contribution in [0.25, 0.3) is 0 Å². The Morgan fingerprint density at radius 2 is 2.38 bits per heavy atom. The van der Waals surface area contributed by atoms with E-state index in [1.807, 2.05) is 6.92 Å². The first-order valence-corrected chi connectivity index (χ1v) is 9.70. The molecular formula is C13H21N3O3S2. The molecule has 1 aliphatic rings. The minimum atomic E-state index is -3.23. The van der Waals surface area contributed by atoms with Crippen molar-refractivity contribution in [3.8, 4) is 0 Å². The fourth-order valence-electron chi connectivity index (χ4n) is 2.36. The van der Waals surface area contributed by atoms with E-state index in [1.165, 1.54) is 15.6 Å². The molecule has 1 aliphatic heterocycles. The molecule has 1 unspecified atom stereocenters. The van der Waals surface area contributed by atoms with E-state index in [2.05, 4.69) is 10.3 Å². The first-order valence-electron chi connectivity index (χ1n) is 7.21. The number of aromatic nitrogens is 1. The molecule has 0 radical (unpaired) electrons. The Bertz CT molecular complexity index is 557. The van der Waals surface area contributed by atoms with Crippen LogP contribution < -0.4 is 5.32 Å². The van der Waals surface area contributed by atoms with Crippen LogP contribution in [-0.2, 0) is 14.8 Å². The average Bonchev–Trinajstić information content (AvgIpc) is 2.98. The summed E-state index contributed by atoms with van der Waals surface area (Å²) in [5.74, 6) is -0.260. The molecule has 2 rings (SSSR count). The maximum atomic E-state index is 12.2. The van der Waals surface area contributed by atoms with Gasteiger partial charge >= 0.3 is 0 Å². The van der Waals surface area contributed by atoms with E-state index in [-0.39, 0.29) is 24.1 Å². The highest BCUT2D eigenvalue weighted by Crippen LogP contribution is 2.22. The van der Waals surface area contributed by atoms with Crippen molar-refractivity contribution in [3.63, 3.8) is 0 Å². The number of amides is 1. The summed E-state index contributed by atoms with van der Waals surface area (Å²) < 4.78 is 25.9. The highest BCUT2D eigenvalue weighted by atomic mass is 32.2. The lowest BCUT2D eigenvalue weighted by Gasteiger charge is -2.31. The van der Waals surface area contributed by atoms with Crippen molar-refractivity contribution in [1.29, 1.82) is 0 Å². The lowest BCUT2D eigenvalue weighted by atomic mass is 9.99. The van der Waals surface area contributed by atoms with Gasteiger partial charge < -0.3 is 5.32 Å². The van der Waals surface area contributed by atoms with Crippen LogP contribution in [-0.4, -0.2) is 42.5 Å². The van der Waals surface area contributed by atoms with Crippen molar-refractivity contribution in [2.75, 3.05) is 24.2 Å². The number of thiazole rings is 1. The van der Waals surface area contributed by atoms with Crippen LogP contribution in [0.3, 0.4) is 0 Å². The molecule has 0 saturated carbocycles. The second kappa shape index (κ2) is 7.33. The minimum absolute atomic E-state index is 0.139. The van der Waals surface area contributed by atoms with Crippen molar-refractivity contribution >= 4 is 32.4 Å². The van der Waals surface area contributed by atoms with Gasteiger partial charge in [0.05, 0.1) is 11.7 Å². The van der Waals surface area contributed by atoms with Gasteiger partial charge in [-0.3, -0.25) is 4.79 Å². The third-order valence-corrected chi connectivity index (χ3v) is 6.18. The average molecular weight is 331 g/mol. The number of rotatable bonds is 6. The van der Waals surface area contributed by atoms with Gasteiger partial charge in [-0.15, -0.1) is 11.3 Å². The highest BCUT2D eigenvalue weighted by molar-refractivity contribution is 7.89. The molecule has 1 amide bonds. The van der Waals surface area contributed by atoms with Gasteiger partial charge in [0.2, 0.25) is 15.9 Å².